The van der Waals surface area contributed by atoms with E-state index in [1.54, 1.807) is 0 Å². The second-order valence-electron chi connectivity index (χ2n) is 7.26. The molecular formula is C20H26N6O. The lowest BCUT2D eigenvalue weighted by atomic mass is 9.96. The number of hydrogen-bond acceptors (Lipinski definition) is 5. The second kappa shape index (κ2) is 7.42. The highest BCUT2D eigenvalue weighted by Gasteiger charge is 2.25. The molecule has 1 aliphatic heterocycles. The van der Waals surface area contributed by atoms with Crippen LogP contribution in [0.5, 0.6) is 0 Å². The molecule has 1 aromatic heterocycles. The van der Waals surface area contributed by atoms with Crippen molar-refractivity contribution >= 4 is 23.5 Å². The van der Waals surface area contributed by atoms with Crippen LogP contribution in [0, 0.1) is 6.92 Å². The fraction of sp³-hybridized carbons (Fsp3) is 0.450. The molecule has 7 nitrogen and oxygen atoms in total. The first-order valence-electron chi connectivity index (χ1n) is 9.63. The molecule has 0 spiro atoms. The van der Waals surface area contributed by atoms with Gasteiger partial charge in [-0.15, -0.1) is 0 Å². The van der Waals surface area contributed by atoms with Crippen molar-refractivity contribution in [2.45, 2.75) is 32.6 Å². The summed E-state index contributed by atoms with van der Waals surface area (Å²) >= 11 is 0. The van der Waals surface area contributed by atoms with Gasteiger partial charge in [-0.05, 0) is 44.2 Å². The number of para-hydroxylation sites is 1. The highest BCUT2D eigenvalue weighted by atomic mass is 16.2. The third kappa shape index (κ3) is 3.67. The van der Waals surface area contributed by atoms with Crippen LogP contribution in [0.1, 0.15) is 29.7 Å². The van der Waals surface area contributed by atoms with Gasteiger partial charge in [-0.1, -0.05) is 18.2 Å². The van der Waals surface area contributed by atoms with Crippen molar-refractivity contribution in [2.24, 2.45) is 0 Å². The SMILES string of the molecule is Cc1ccccc1NC(=O)N1CCN(c2nc(N)c3c(n2)CCCC3)CC1. The van der Waals surface area contributed by atoms with Crippen LogP contribution in [-0.2, 0) is 12.8 Å². The van der Waals surface area contributed by atoms with Crippen LogP contribution < -0.4 is 16.0 Å². The van der Waals surface area contributed by atoms with Crippen LogP contribution in [0.2, 0.25) is 0 Å². The minimum Gasteiger partial charge on any atom is -0.383 e. The summed E-state index contributed by atoms with van der Waals surface area (Å²) in [7, 11) is 0. The van der Waals surface area contributed by atoms with E-state index in [-0.39, 0.29) is 6.03 Å². The molecule has 4 rings (SSSR count). The summed E-state index contributed by atoms with van der Waals surface area (Å²) in [5.74, 6) is 1.32. The van der Waals surface area contributed by atoms with Crippen molar-refractivity contribution in [1.82, 2.24) is 14.9 Å². The first kappa shape index (κ1) is 17.6. The van der Waals surface area contributed by atoms with Crippen molar-refractivity contribution < 1.29 is 4.79 Å². The summed E-state index contributed by atoms with van der Waals surface area (Å²) < 4.78 is 0. The molecule has 1 fully saturated rings. The van der Waals surface area contributed by atoms with Crippen LogP contribution in [-0.4, -0.2) is 47.1 Å². The van der Waals surface area contributed by atoms with Gasteiger partial charge < -0.3 is 20.9 Å². The van der Waals surface area contributed by atoms with Crippen LogP contribution in [0.4, 0.5) is 22.2 Å². The quantitative estimate of drug-likeness (QED) is 0.853. The Morgan fingerprint density at radius 2 is 1.81 bits per heavy atom. The Morgan fingerprint density at radius 1 is 1.07 bits per heavy atom. The molecule has 27 heavy (non-hydrogen) atoms. The molecule has 3 N–H and O–H groups in total. The van der Waals surface area contributed by atoms with Gasteiger partial charge in [0.15, 0.2) is 0 Å². The first-order chi connectivity index (χ1) is 13.1. The van der Waals surface area contributed by atoms with Gasteiger partial charge in [-0.25, -0.2) is 9.78 Å². The molecule has 2 heterocycles. The Labute approximate surface area is 159 Å². The number of fused-ring (bicyclic) bond motifs is 1. The summed E-state index contributed by atoms with van der Waals surface area (Å²) in [5.41, 5.74) is 10.3. The van der Waals surface area contributed by atoms with Crippen molar-refractivity contribution in [1.29, 1.82) is 0 Å². The smallest absolute Gasteiger partial charge is 0.321 e. The average Bonchev–Trinajstić information content (AvgIpc) is 2.70. The molecule has 142 valence electrons. The average molecular weight is 366 g/mol. The number of nitrogen functional groups attached to an aromatic ring is 1. The number of anilines is 3. The third-order valence-corrected chi connectivity index (χ3v) is 5.44. The van der Waals surface area contributed by atoms with E-state index in [0.717, 1.165) is 48.2 Å². The van der Waals surface area contributed by atoms with Crippen molar-refractivity contribution in [2.75, 3.05) is 42.1 Å². The number of aromatic nitrogens is 2. The Bertz CT molecular complexity index is 844. The number of benzene rings is 1. The Balaban J connectivity index is 1.40. The fourth-order valence-electron chi connectivity index (χ4n) is 3.77. The van der Waals surface area contributed by atoms with E-state index in [2.05, 4.69) is 15.2 Å². The molecule has 0 radical (unpaired) electrons. The Hall–Kier alpha value is -2.83. The highest BCUT2D eigenvalue weighted by Crippen LogP contribution is 2.26. The Kier molecular flexibility index (Phi) is 4.83. The van der Waals surface area contributed by atoms with Gasteiger partial charge in [-0.3, -0.25) is 0 Å². The molecule has 1 aromatic carbocycles. The third-order valence-electron chi connectivity index (χ3n) is 5.44. The number of amides is 2. The van der Waals surface area contributed by atoms with E-state index in [0.29, 0.717) is 37.9 Å². The molecule has 1 aliphatic carbocycles. The van der Waals surface area contributed by atoms with Gasteiger partial charge in [-0.2, -0.15) is 4.98 Å². The highest BCUT2D eigenvalue weighted by molar-refractivity contribution is 5.90. The minimum absolute atomic E-state index is 0.0603. The van der Waals surface area contributed by atoms with E-state index in [1.165, 1.54) is 0 Å². The monoisotopic (exact) mass is 366 g/mol. The number of carbonyl (C=O) groups is 1. The molecule has 0 saturated carbocycles. The number of piperazine rings is 1. The number of carbonyl (C=O) groups excluding carboxylic acids is 1. The maximum absolute atomic E-state index is 12.6. The van der Waals surface area contributed by atoms with Crippen LogP contribution in [0.3, 0.4) is 0 Å². The molecule has 2 aromatic rings. The zero-order valence-electron chi connectivity index (χ0n) is 15.7. The van der Waals surface area contributed by atoms with Crippen molar-refractivity contribution in [3.8, 4) is 0 Å². The standard InChI is InChI=1S/C20H26N6O/c1-14-6-2-4-8-16(14)23-20(27)26-12-10-25(11-13-26)19-22-17-9-5-3-7-15(17)18(21)24-19/h2,4,6,8H,3,5,7,9-13H2,1H3,(H,23,27)(H2,21,22,24). The lowest BCUT2D eigenvalue weighted by Gasteiger charge is -2.35. The number of aryl methyl sites for hydroxylation is 2. The lowest BCUT2D eigenvalue weighted by Crippen LogP contribution is -2.50. The molecule has 2 amide bonds. The topological polar surface area (TPSA) is 87.4 Å². The first-order valence-corrected chi connectivity index (χ1v) is 9.63. The summed E-state index contributed by atoms with van der Waals surface area (Å²) in [6, 6.07) is 7.75. The molecule has 2 aliphatic rings. The summed E-state index contributed by atoms with van der Waals surface area (Å²) in [4.78, 5) is 25.8. The van der Waals surface area contributed by atoms with Crippen LogP contribution >= 0.6 is 0 Å². The zero-order valence-corrected chi connectivity index (χ0v) is 15.7. The van der Waals surface area contributed by atoms with Gasteiger partial charge in [0.25, 0.3) is 0 Å². The number of urea groups is 1. The molecule has 0 atom stereocenters. The van der Waals surface area contributed by atoms with Crippen molar-refractivity contribution in [3.05, 3.63) is 41.1 Å². The predicted molar refractivity (Wildman–Crippen MR) is 107 cm³/mol. The number of nitrogens with two attached hydrogens (primary N) is 1. The molecular weight excluding hydrogens is 340 g/mol. The lowest BCUT2D eigenvalue weighted by molar-refractivity contribution is 0.208. The van der Waals surface area contributed by atoms with Gasteiger partial charge in [0.05, 0.1) is 5.69 Å². The minimum atomic E-state index is -0.0603. The maximum Gasteiger partial charge on any atom is 0.321 e. The van der Waals surface area contributed by atoms with Gasteiger partial charge >= 0.3 is 6.03 Å². The van der Waals surface area contributed by atoms with E-state index >= 15 is 0 Å². The second-order valence-corrected chi connectivity index (χ2v) is 7.26. The Morgan fingerprint density at radius 3 is 2.59 bits per heavy atom. The maximum atomic E-state index is 12.6. The van der Waals surface area contributed by atoms with E-state index in [1.807, 2.05) is 36.1 Å². The van der Waals surface area contributed by atoms with Gasteiger partial charge in [0, 0.05) is 37.4 Å². The number of nitrogens with one attached hydrogen (secondary N) is 1. The molecule has 0 bridgehead atoms. The fourth-order valence-corrected chi connectivity index (χ4v) is 3.77. The number of nitrogens with zero attached hydrogens (tertiary/aromatic N) is 4. The van der Waals surface area contributed by atoms with Crippen LogP contribution in [0.15, 0.2) is 24.3 Å². The molecule has 0 unspecified atom stereocenters. The zero-order chi connectivity index (χ0) is 18.8. The number of hydrogen-bond donors (Lipinski definition) is 2. The normalized spacial score (nSPS) is 16.8. The number of rotatable bonds is 2. The molecule has 1 saturated heterocycles. The summed E-state index contributed by atoms with van der Waals surface area (Å²) in [6.45, 7) is 4.68. The predicted octanol–water partition coefficient (Wildman–Crippen LogP) is 2.60. The largest absolute Gasteiger partial charge is 0.383 e. The van der Waals surface area contributed by atoms with Crippen molar-refractivity contribution in [3.63, 3.8) is 0 Å². The van der Waals surface area contributed by atoms with Gasteiger partial charge in [0.2, 0.25) is 5.95 Å². The van der Waals surface area contributed by atoms with Gasteiger partial charge in [0.1, 0.15) is 5.82 Å². The van der Waals surface area contributed by atoms with E-state index in [4.69, 9.17) is 10.7 Å². The van der Waals surface area contributed by atoms with Crippen LogP contribution in [0.25, 0.3) is 0 Å². The summed E-state index contributed by atoms with van der Waals surface area (Å²) in [5, 5.41) is 3.00. The van der Waals surface area contributed by atoms with E-state index < -0.39 is 0 Å². The molecule has 7 heteroatoms. The summed E-state index contributed by atoms with van der Waals surface area (Å²) in [6.07, 6.45) is 4.28. The van der Waals surface area contributed by atoms with E-state index in [9.17, 15) is 4.79 Å².